The molecule has 1 aromatic rings. The summed E-state index contributed by atoms with van der Waals surface area (Å²) in [6.45, 7) is 2.49. The second kappa shape index (κ2) is 5.46. The number of hydrazine groups is 1. The largest absolute Gasteiger partial charge is 0.377 e. The summed E-state index contributed by atoms with van der Waals surface area (Å²) >= 11 is 0. The Morgan fingerprint density at radius 3 is 2.47 bits per heavy atom. The van der Waals surface area contributed by atoms with Crippen molar-refractivity contribution < 1.29 is 13.2 Å². The molecule has 0 saturated carbocycles. The van der Waals surface area contributed by atoms with Crippen LogP contribution in [0.25, 0.3) is 0 Å². The van der Waals surface area contributed by atoms with Gasteiger partial charge in [0.1, 0.15) is 0 Å². The Labute approximate surface area is 113 Å². The molecule has 0 spiro atoms. The van der Waals surface area contributed by atoms with Crippen LogP contribution in [0.3, 0.4) is 0 Å². The Morgan fingerprint density at radius 2 is 2.00 bits per heavy atom. The molecule has 3 N–H and O–H groups in total. The fourth-order valence-electron chi connectivity index (χ4n) is 2.27. The summed E-state index contributed by atoms with van der Waals surface area (Å²) in [6.07, 6.45) is 0.643. The minimum absolute atomic E-state index is 0.0789. The van der Waals surface area contributed by atoms with Crippen molar-refractivity contribution in [2.45, 2.75) is 30.4 Å². The number of benzene rings is 1. The fraction of sp³-hybridized carbons (Fsp3) is 0.500. The topological polar surface area (TPSA) is 84.7 Å². The molecule has 6 nitrogen and oxygen atoms in total. The standard InChI is InChI=1S/C12H19N3O3S/c1-9-12(7-8-18-9)15(2)19(16,17)11-5-3-10(14-13)4-6-11/h3-6,9,12,14H,7-8,13H2,1-2H3. The van der Waals surface area contributed by atoms with Gasteiger partial charge in [0.15, 0.2) is 0 Å². The second-order valence-electron chi connectivity index (χ2n) is 4.62. The summed E-state index contributed by atoms with van der Waals surface area (Å²) in [6, 6.07) is 6.24. The van der Waals surface area contributed by atoms with E-state index in [-0.39, 0.29) is 17.0 Å². The van der Waals surface area contributed by atoms with Gasteiger partial charge in [0.25, 0.3) is 0 Å². The van der Waals surface area contributed by atoms with E-state index in [0.717, 1.165) is 6.42 Å². The number of sulfonamides is 1. The molecule has 0 aromatic heterocycles. The fourth-order valence-corrected chi connectivity index (χ4v) is 3.71. The number of likely N-dealkylation sites (N-methyl/N-ethyl adjacent to an activating group) is 1. The van der Waals surface area contributed by atoms with Gasteiger partial charge in [-0.05, 0) is 37.6 Å². The highest BCUT2D eigenvalue weighted by atomic mass is 32.2. The lowest BCUT2D eigenvalue weighted by molar-refractivity contribution is 0.102. The van der Waals surface area contributed by atoms with E-state index in [1.165, 1.54) is 4.31 Å². The molecular weight excluding hydrogens is 266 g/mol. The predicted octanol–water partition coefficient (Wildman–Crippen LogP) is 0.770. The molecule has 1 aliphatic heterocycles. The number of hydrogen-bond acceptors (Lipinski definition) is 5. The van der Waals surface area contributed by atoms with Crippen LogP contribution in [0, 0.1) is 0 Å². The zero-order valence-electron chi connectivity index (χ0n) is 11.0. The molecule has 0 bridgehead atoms. The monoisotopic (exact) mass is 285 g/mol. The molecule has 0 radical (unpaired) electrons. The lowest BCUT2D eigenvalue weighted by Gasteiger charge is -2.26. The first kappa shape index (κ1) is 14.3. The van der Waals surface area contributed by atoms with Gasteiger partial charge in [-0.15, -0.1) is 0 Å². The van der Waals surface area contributed by atoms with Gasteiger partial charge in [-0.3, -0.25) is 5.84 Å². The number of ether oxygens (including phenoxy) is 1. The van der Waals surface area contributed by atoms with Gasteiger partial charge >= 0.3 is 0 Å². The molecule has 2 rings (SSSR count). The van der Waals surface area contributed by atoms with Crippen molar-refractivity contribution in [1.82, 2.24) is 4.31 Å². The maximum Gasteiger partial charge on any atom is 0.243 e. The highest BCUT2D eigenvalue weighted by molar-refractivity contribution is 7.89. The van der Waals surface area contributed by atoms with E-state index in [4.69, 9.17) is 10.6 Å². The molecule has 0 amide bonds. The summed E-state index contributed by atoms with van der Waals surface area (Å²) in [4.78, 5) is 0.258. The predicted molar refractivity (Wildman–Crippen MR) is 73.0 cm³/mol. The molecule has 0 aliphatic carbocycles. The molecule has 1 saturated heterocycles. The lowest BCUT2D eigenvalue weighted by Crippen LogP contribution is -2.40. The maximum atomic E-state index is 12.5. The summed E-state index contributed by atoms with van der Waals surface area (Å²) in [7, 11) is -1.90. The minimum Gasteiger partial charge on any atom is -0.377 e. The summed E-state index contributed by atoms with van der Waals surface area (Å²) < 4.78 is 31.8. The number of nitrogens with two attached hydrogens (primary N) is 1. The minimum atomic E-state index is -3.50. The van der Waals surface area contributed by atoms with E-state index in [1.807, 2.05) is 6.92 Å². The van der Waals surface area contributed by atoms with Crippen molar-refractivity contribution in [2.24, 2.45) is 5.84 Å². The second-order valence-corrected chi connectivity index (χ2v) is 6.62. The van der Waals surface area contributed by atoms with Crippen LogP contribution in [0.4, 0.5) is 5.69 Å². The normalized spacial score (nSPS) is 23.8. The van der Waals surface area contributed by atoms with Crippen molar-refractivity contribution >= 4 is 15.7 Å². The molecule has 2 unspecified atom stereocenters. The van der Waals surface area contributed by atoms with E-state index in [1.54, 1.807) is 31.3 Å². The Balaban J connectivity index is 2.25. The van der Waals surface area contributed by atoms with E-state index in [0.29, 0.717) is 12.3 Å². The first-order chi connectivity index (χ1) is 8.96. The van der Waals surface area contributed by atoms with Gasteiger partial charge in [-0.1, -0.05) is 0 Å². The summed E-state index contributed by atoms with van der Waals surface area (Å²) in [5, 5.41) is 0. The number of hydrogen-bond donors (Lipinski definition) is 2. The zero-order valence-corrected chi connectivity index (χ0v) is 11.9. The molecule has 7 heteroatoms. The van der Waals surface area contributed by atoms with Crippen LogP contribution in [0.2, 0.25) is 0 Å². The molecule has 1 fully saturated rings. The van der Waals surface area contributed by atoms with Crippen molar-refractivity contribution in [1.29, 1.82) is 0 Å². The highest BCUT2D eigenvalue weighted by Crippen LogP contribution is 2.25. The molecule has 1 heterocycles. The number of nitrogens with one attached hydrogen (secondary N) is 1. The molecular formula is C12H19N3O3S. The molecule has 19 heavy (non-hydrogen) atoms. The van der Waals surface area contributed by atoms with Gasteiger partial charge < -0.3 is 10.2 Å². The van der Waals surface area contributed by atoms with Crippen LogP contribution < -0.4 is 11.3 Å². The zero-order chi connectivity index (χ0) is 14.0. The van der Waals surface area contributed by atoms with E-state index in [2.05, 4.69) is 5.43 Å². The van der Waals surface area contributed by atoms with Crippen LogP contribution in [-0.4, -0.2) is 38.5 Å². The average Bonchev–Trinajstić information content (AvgIpc) is 2.84. The Hall–Kier alpha value is -1.15. The highest BCUT2D eigenvalue weighted by Gasteiger charge is 2.35. The SMILES string of the molecule is CC1OCCC1N(C)S(=O)(=O)c1ccc(NN)cc1. The van der Waals surface area contributed by atoms with E-state index in [9.17, 15) is 8.42 Å². The molecule has 1 aromatic carbocycles. The first-order valence-corrected chi connectivity index (χ1v) is 7.57. The smallest absolute Gasteiger partial charge is 0.243 e. The third kappa shape index (κ3) is 2.74. The van der Waals surface area contributed by atoms with Gasteiger partial charge in [-0.25, -0.2) is 8.42 Å². The van der Waals surface area contributed by atoms with Crippen LogP contribution in [0.5, 0.6) is 0 Å². The molecule has 1 aliphatic rings. The molecule has 106 valence electrons. The van der Waals surface area contributed by atoms with Crippen LogP contribution in [-0.2, 0) is 14.8 Å². The summed E-state index contributed by atoms with van der Waals surface area (Å²) in [5.74, 6) is 5.26. The number of rotatable bonds is 4. The number of nitrogen functional groups attached to an aromatic ring is 1. The van der Waals surface area contributed by atoms with Crippen LogP contribution in [0.15, 0.2) is 29.2 Å². The van der Waals surface area contributed by atoms with Gasteiger partial charge in [0, 0.05) is 19.3 Å². The quantitative estimate of drug-likeness (QED) is 0.630. The van der Waals surface area contributed by atoms with E-state index < -0.39 is 10.0 Å². The average molecular weight is 285 g/mol. The maximum absolute atomic E-state index is 12.5. The first-order valence-electron chi connectivity index (χ1n) is 6.13. The Bertz CT molecular complexity index is 530. The number of anilines is 1. The third-order valence-corrected chi connectivity index (χ3v) is 5.40. The van der Waals surface area contributed by atoms with Crippen molar-refractivity contribution in [2.75, 3.05) is 19.1 Å². The lowest BCUT2D eigenvalue weighted by atomic mass is 10.2. The van der Waals surface area contributed by atoms with Crippen LogP contribution in [0.1, 0.15) is 13.3 Å². The van der Waals surface area contributed by atoms with Gasteiger partial charge in [0.05, 0.1) is 17.0 Å². The van der Waals surface area contributed by atoms with Crippen molar-refractivity contribution in [3.05, 3.63) is 24.3 Å². The van der Waals surface area contributed by atoms with Crippen molar-refractivity contribution in [3.63, 3.8) is 0 Å². The van der Waals surface area contributed by atoms with Gasteiger partial charge in [-0.2, -0.15) is 4.31 Å². The Morgan fingerprint density at radius 1 is 1.37 bits per heavy atom. The van der Waals surface area contributed by atoms with Gasteiger partial charge in [0.2, 0.25) is 10.0 Å². The molecule has 2 atom stereocenters. The van der Waals surface area contributed by atoms with Crippen molar-refractivity contribution in [3.8, 4) is 0 Å². The summed E-state index contributed by atoms with van der Waals surface area (Å²) in [5.41, 5.74) is 3.13. The Kier molecular flexibility index (Phi) is 4.10. The third-order valence-electron chi connectivity index (χ3n) is 3.50. The van der Waals surface area contributed by atoms with Crippen LogP contribution >= 0.6 is 0 Å². The van der Waals surface area contributed by atoms with E-state index >= 15 is 0 Å². The number of nitrogens with zero attached hydrogens (tertiary/aromatic N) is 1.